The van der Waals surface area contributed by atoms with Crippen LogP contribution >= 0.6 is 23.9 Å². The van der Waals surface area contributed by atoms with Crippen LogP contribution in [0.2, 0.25) is 5.02 Å². The summed E-state index contributed by atoms with van der Waals surface area (Å²) in [5.74, 6) is -0.382. The number of carbonyl (C=O) groups is 1. The summed E-state index contributed by atoms with van der Waals surface area (Å²) in [5, 5.41) is 24.0. The third kappa shape index (κ3) is 5.00. The van der Waals surface area contributed by atoms with E-state index in [-0.39, 0.29) is 58.3 Å². The van der Waals surface area contributed by atoms with E-state index in [0.717, 1.165) is 10.4 Å². The lowest BCUT2D eigenvalue weighted by Gasteiger charge is -2.12. The largest absolute Gasteiger partial charge is 0.388 e. The Morgan fingerprint density at radius 2 is 2.15 bits per heavy atom. The number of nitrogens with one attached hydrogen (secondary N) is 3. The first kappa shape index (κ1) is 25.5. The Balaban J connectivity index is 0.00000158. The molecule has 1 aliphatic rings. The van der Waals surface area contributed by atoms with Crippen LogP contribution in [0.4, 0.5) is 9.57 Å². The van der Waals surface area contributed by atoms with Crippen molar-refractivity contribution < 1.29 is 8.68 Å². The number of nitriles is 1. The molecule has 3 atom stereocenters. The van der Waals surface area contributed by atoms with E-state index in [4.69, 9.17) is 22.3 Å². The van der Waals surface area contributed by atoms with E-state index in [2.05, 4.69) is 26.7 Å². The Morgan fingerprint density at radius 1 is 1.41 bits per heavy atom. The standard InChI is InChI=1S/C21H19ClFN7OS.C2H6/c1-10(14-5-11(14)7-24)28-21(31)15-9-30(32-23)20-19(15)29-17(8-27-20)18(25)13-4-3-12(22)6-16(13)26-2;1-2/h3-4,6,8-11,14,25-26H,5H2,1-2H3,(H,28,31);1-2H3/t10-,11?,14?;/m1./s1. The molecule has 2 unspecified atom stereocenters. The molecule has 11 heteroatoms. The SMILES string of the molecule is CC.CNc1cc(Cl)ccc1C(=N)c1cnc2c(n1)c(C(=O)N[C@H](C)C1CC1C#N)cn2SF. The summed E-state index contributed by atoms with van der Waals surface area (Å²) in [7, 11) is 1.72. The topological polar surface area (TPSA) is 119 Å². The number of aromatic nitrogens is 3. The average molecular weight is 502 g/mol. The lowest BCUT2D eigenvalue weighted by atomic mass is 10.1. The second-order valence-corrected chi connectivity index (χ2v) is 8.55. The van der Waals surface area contributed by atoms with Crippen LogP contribution in [0, 0.1) is 28.6 Å². The van der Waals surface area contributed by atoms with Gasteiger partial charge < -0.3 is 10.6 Å². The van der Waals surface area contributed by atoms with E-state index >= 15 is 0 Å². The number of amides is 1. The van der Waals surface area contributed by atoms with Crippen molar-refractivity contribution in [1.29, 1.82) is 10.7 Å². The molecule has 3 aromatic rings. The van der Waals surface area contributed by atoms with Crippen LogP contribution in [-0.4, -0.2) is 38.6 Å². The number of hydrogen-bond acceptors (Lipinski definition) is 7. The van der Waals surface area contributed by atoms with E-state index in [1.807, 2.05) is 20.8 Å². The van der Waals surface area contributed by atoms with Crippen LogP contribution in [0.1, 0.15) is 48.8 Å². The molecule has 1 fully saturated rings. The van der Waals surface area contributed by atoms with Crippen molar-refractivity contribution in [3.8, 4) is 6.07 Å². The van der Waals surface area contributed by atoms with Crippen LogP contribution in [0.5, 0.6) is 0 Å². The fraction of sp³-hybridized carbons (Fsp3) is 0.348. The molecule has 0 saturated heterocycles. The summed E-state index contributed by atoms with van der Waals surface area (Å²) in [6, 6.07) is 7.06. The van der Waals surface area contributed by atoms with E-state index in [0.29, 0.717) is 16.3 Å². The van der Waals surface area contributed by atoms with Crippen LogP contribution in [0.15, 0.2) is 30.6 Å². The number of nitrogens with zero attached hydrogens (tertiary/aromatic N) is 4. The highest BCUT2D eigenvalue weighted by atomic mass is 35.5. The third-order valence-electron chi connectivity index (χ3n) is 5.57. The molecule has 1 amide bonds. The Labute approximate surface area is 206 Å². The molecule has 2 heterocycles. The minimum Gasteiger partial charge on any atom is -0.388 e. The molecule has 8 nitrogen and oxygen atoms in total. The van der Waals surface area contributed by atoms with Crippen molar-refractivity contribution in [1.82, 2.24) is 19.3 Å². The Morgan fingerprint density at radius 3 is 2.76 bits per heavy atom. The van der Waals surface area contributed by atoms with Gasteiger partial charge in [-0.25, -0.2) is 13.9 Å². The fourth-order valence-electron chi connectivity index (χ4n) is 3.69. The Bertz CT molecular complexity index is 1270. The fourth-order valence-corrected chi connectivity index (χ4v) is 4.21. The van der Waals surface area contributed by atoms with Crippen molar-refractivity contribution in [2.24, 2.45) is 11.8 Å². The summed E-state index contributed by atoms with van der Waals surface area (Å²) >= 11 is 5.95. The predicted octanol–water partition coefficient (Wildman–Crippen LogP) is 5.23. The molecule has 0 radical (unpaired) electrons. The zero-order valence-corrected chi connectivity index (χ0v) is 20.8. The monoisotopic (exact) mass is 501 g/mol. The highest BCUT2D eigenvalue weighted by molar-refractivity contribution is 7.92. The van der Waals surface area contributed by atoms with Gasteiger partial charge in [0.2, 0.25) is 0 Å². The van der Waals surface area contributed by atoms with E-state index < -0.39 is 5.91 Å². The molecule has 4 rings (SSSR count). The number of anilines is 1. The van der Waals surface area contributed by atoms with Crippen LogP contribution in [0.3, 0.4) is 0 Å². The zero-order chi connectivity index (χ0) is 25.0. The third-order valence-corrected chi connectivity index (χ3v) is 6.23. The maximum absolute atomic E-state index is 13.5. The first-order valence-electron chi connectivity index (χ1n) is 10.8. The van der Waals surface area contributed by atoms with Crippen molar-refractivity contribution in [2.75, 3.05) is 12.4 Å². The van der Waals surface area contributed by atoms with Gasteiger partial charge in [0.05, 0.1) is 29.5 Å². The predicted molar refractivity (Wildman–Crippen MR) is 134 cm³/mol. The van der Waals surface area contributed by atoms with Gasteiger partial charge in [-0.2, -0.15) is 5.26 Å². The normalized spacial score (nSPS) is 17.2. The van der Waals surface area contributed by atoms with Gasteiger partial charge >= 0.3 is 0 Å². The highest BCUT2D eigenvalue weighted by Crippen LogP contribution is 2.40. The van der Waals surface area contributed by atoms with E-state index in [9.17, 15) is 8.68 Å². The molecule has 0 spiro atoms. The minimum atomic E-state index is -0.431. The van der Waals surface area contributed by atoms with Crippen molar-refractivity contribution in [2.45, 2.75) is 33.2 Å². The molecule has 1 aliphatic carbocycles. The quantitative estimate of drug-likeness (QED) is 0.381. The Hall–Kier alpha value is -3.16. The van der Waals surface area contributed by atoms with Crippen molar-refractivity contribution >= 4 is 52.4 Å². The van der Waals surface area contributed by atoms with Gasteiger partial charge in [-0.15, -0.1) is 3.89 Å². The molecule has 178 valence electrons. The second-order valence-electron chi connectivity index (χ2n) is 7.58. The molecule has 1 aromatic carbocycles. The second kappa shape index (κ2) is 10.8. The van der Waals surface area contributed by atoms with Gasteiger partial charge in [-0.1, -0.05) is 25.4 Å². The van der Waals surface area contributed by atoms with Gasteiger partial charge in [0, 0.05) is 35.6 Å². The highest BCUT2D eigenvalue weighted by Gasteiger charge is 2.42. The first-order valence-corrected chi connectivity index (χ1v) is 11.9. The van der Waals surface area contributed by atoms with Gasteiger partial charge in [-0.05, 0) is 37.5 Å². The van der Waals surface area contributed by atoms with Gasteiger partial charge in [0.25, 0.3) is 5.91 Å². The molecular formula is C23H25ClFN7OS. The first-order chi connectivity index (χ1) is 16.4. The average Bonchev–Trinajstić information content (AvgIpc) is 3.57. The number of hydrogen-bond donors (Lipinski definition) is 3. The maximum Gasteiger partial charge on any atom is 0.255 e. The number of carbonyl (C=O) groups excluding carboxylic acids is 1. The van der Waals surface area contributed by atoms with E-state index in [1.54, 1.807) is 25.2 Å². The van der Waals surface area contributed by atoms with Crippen LogP contribution < -0.4 is 10.6 Å². The molecule has 2 aromatic heterocycles. The summed E-state index contributed by atoms with van der Waals surface area (Å²) < 4.78 is 14.6. The molecule has 3 N–H and O–H groups in total. The maximum atomic E-state index is 13.5. The summed E-state index contributed by atoms with van der Waals surface area (Å²) in [4.78, 5) is 21.7. The molecule has 1 saturated carbocycles. The number of rotatable bonds is 7. The number of benzene rings is 1. The van der Waals surface area contributed by atoms with Crippen LogP contribution in [0.25, 0.3) is 11.2 Å². The molecule has 34 heavy (non-hydrogen) atoms. The number of fused-ring (bicyclic) bond motifs is 1. The Kier molecular flexibility index (Phi) is 8.12. The van der Waals surface area contributed by atoms with Crippen LogP contribution in [-0.2, 0) is 0 Å². The summed E-state index contributed by atoms with van der Waals surface area (Å²) in [6.45, 7) is 5.84. The molecular weight excluding hydrogens is 477 g/mol. The van der Waals surface area contributed by atoms with Gasteiger partial charge in [-0.3, -0.25) is 10.2 Å². The smallest absolute Gasteiger partial charge is 0.255 e. The summed E-state index contributed by atoms with van der Waals surface area (Å²) in [6.07, 6.45) is 3.45. The molecule has 0 aliphatic heterocycles. The van der Waals surface area contributed by atoms with Crippen molar-refractivity contribution in [3.63, 3.8) is 0 Å². The lowest BCUT2D eigenvalue weighted by molar-refractivity contribution is 0.0936. The zero-order valence-electron chi connectivity index (χ0n) is 19.2. The summed E-state index contributed by atoms with van der Waals surface area (Å²) in [5.41, 5.74) is 2.03. The van der Waals surface area contributed by atoms with E-state index in [1.165, 1.54) is 12.4 Å². The van der Waals surface area contributed by atoms with Gasteiger partial charge in [0.15, 0.2) is 18.0 Å². The lowest BCUT2D eigenvalue weighted by Crippen LogP contribution is -2.34. The van der Waals surface area contributed by atoms with Gasteiger partial charge in [0.1, 0.15) is 11.2 Å². The molecule has 0 bridgehead atoms. The minimum absolute atomic E-state index is 0.0550. The number of halogens is 2. The van der Waals surface area contributed by atoms with Crippen molar-refractivity contribution in [3.05, 3.63) is 52.4 Å².